The van der Waals surface area contributed by atoms with E-state index in [4.69, 9.17) is 0 Å². The number of nitrogens with zero attached hydrogens (tertiary/aromatic N) is 1. The quantitative estimate of drug-likeness (QED) is 0.771. The molecule has 0 bridgehead atoms. The van der Waals surface area contributed by atoms with Crippen LogP contribution in [0.4, 0.5) is 15.8 Å². The van der Waals surface area contributed by atoms with E-state index in [0.29, 0.717) is 17.3 Å². The molecule has 1 unspecified atom stereocenters. The summed E-state index contributed by atoms with van der Waals surface area (Å²) in [6, 6.07) is 2.72. The van der Waals surface area contributed by atoms with Crippen molar-refractivity contribution in [1.29, 1.82) is 0 Å². The second-order valence-electron chi connectivity index (χ2n) is 4.97. The van der Waals surface area contributed by atoms with Crippen molar-refractivity contribution in [2.24, 2.45) is 5.92 Å². The van der Waals surface area contributed by atoms with E-state index in [1.165, 1.54) is 0 Å². The Morgan fingerprint density at radius 1 is 1.39 bits per heavy atom. The number of amides is 1. The zero-order valence-electron chi connectivity index (χ0n) is 10.00. The van der Waals surface area contributed by atoms with Crippen LogP contribution in [0, 0.1) is 11.7 Å². The average Bonchev–Trinajstić information content (AvgIpc) is 2.86. The van der Waals surface area contributed by atoms with Gasteiger partial charge in [0.2, 0.25) is 0 Å². The zero-order chi connectivity index (χ0) is 12.9. The molecule has 1 aromatic carbocycles. The van der Waals surface area contributed by atoms with Crippen LogP contribution in [0.2, 0.25) is 0 Å². The van der Waals surface area contributed by atoms with Crippen molar-refractivity contribution in [3.8, 4) is 0 Å². The molecule has 1 amide bonds. The van der Waals surface area contributed by atoms with E-state index in [9.17, 15) is 14.0 Å². The van der Waals surface area contributed by atoms with Crippen LogP contribution >= 0.6 is 0 Å². The summed E-state index contributed by atoms with van der Waals surface area (Å²) in [4.78, 5) is 24.6. The van der Waals surface area contributed by atoms with E-state index in [1.54, 1.807) is 6.07 Å². The van der Waals surface area contributed by atoms with Crippen molar-refractivity contribution < 1.29 is 14.0 Å². The third-order valence-electron chi connectivity index (χ3n) is 3.55. The van der Waals surface area contributed by atoms with E-state index in [-0.39, 0.29) is 5.56 Å². The standard InChI is InChI=1S/C13H13FN2O2/c1-7-2-3-16(6-7)11-5-10-8(4-9(11)14)12(17)13(18)15-10/h4-5,7H,2-3,6H2,1H3,(H,15,17,18). The Kier molecular flexibility index (Phi) is 2.36. The summed E-state index contributed by atoms with van der Waals surface area (Å²) in [5.74, 6) is -1.25. The largest absolute Gasteiger partial charge is 0.369 e. The van der Waals surface area contributed by atoms with Crippen molar-refractivity contribution in [2.75, 3.05) is 23.3 Å². The molecule has 4 nitrogen and oxygen atoms in total. The molecule has 1 atom stereocenters. The van der Waals surface area contributed by atoms with E-state index < -0.39 is 17.5 Å². The van der Waals surface area contributed by atoms with Gasteiger partial charge in [0.1, 0.15) is 5.82 Å². The highest BCUT2D eigenvalue weighted by Crippen LogP contribution is 2.33. The minimum Gasteiger partial charge on any atom is -0.369 e. The highest BCUT2D eigenvalue weighted by molar-refractivity contribution is 6.51. The van der Waals surface area contributed by atoms with Crippen molar-refractivity contribution in [3.05, 3.63) is 23.5 Å². The van der Waals surface area contributed by atoms with Gasteiger partial charge in [0.25, 0.3) is 11.7 Å². The first-order valence-corrected chi connectivity index (χ1v) is 6.00. The van der Waals surface area contributed by atoms with Gasteiger partial charge in [-0.2, -0.15) is 0 Å². The first kappa shape index (κ1) is 11.2. The molecule has 0 spiro atoms. The molecule has 94 valence electrons. The Balaban J connectivity index is 2.01. The fraction of sp³-hybridized carbons (Fsp3) is 0.385. The summed E-state index contributed by atoms with van der Waals surface area (Å²) in [7, 11) is 0. The highest BCUT2D eigenvalue weighted by atomic mass is 19.1. The fourth-order valence-corrected chi connectivity index (χ4v) is 2.55. The van der Waals surface area contributed by atoms with Gasteiger partial charge in [0.15, 0.2) is 0 Å². The lowest BCUT2D eigenvalue weighted by Gasteiger charge is -2.19. The van der Waals surface area contributed by atoms with Crippen LogP contribution in [0.15, 0.2) is 12.1 Å². The minimum atomic E-state index is -0.684. The number of benzene rings is 1. The molecule has 1 saturated heterocycles. The highest BCUT2D eigenvalue weighted by Gasteiger charge is 2.31. The Morgan fingerprint density at radius 2 is 2.17 bits per heavy atom. The molecule has 1 fully saturated rings. The van der Waals surface area contributed by atoms with E-state index in [0.717, 1.165) is 25.6 Å². The minimum absolute atomic E-state index is 0.133. The number of hydrogen-bond acceptors (Lipinski definition) is 3. The van der Waals surface area contributed by atoms with Crippen LogP contribution in [0.25, 0.3) is 0 Å². The molecule has 18 heavy (non-hydrogen) atoms. The molecule has 1 aromatic rings. The molecule has 0 radical (unpaired) electrons. The number of anilines is 2. The van der Waals surface area contributed by atoms with Crippen molar-refractivity contribution in [3.63, 3.8) is 0 Å². The summed E-state index contributed by atoms with van der Waals surface area (Å²) < 4.78 is 14.0. The van der Waals surface area contributed by atoms with Gasteiger partial charge in [-0.15, -0.1) is 0 Å². The lowest BCUT2D eigenvalue weighted by molar-refractivity contribution is -0.112. The summed E-state index contributed by atoms with van der Waals surface area (Å²) >= 11 is 0. The first-order chi connectivity index (χ1) is 8.56. The smallest absolute Gasteiger partial charge is 0.296 e. The number of carbonyl (C=O) groups is 2. The van der Waals surface area contributed by atoms with Gasteiger partial charge in [0, 0.05) is 13.1 Å². The number of Topliss-reactive ketones (excluding diaryl/α,β-unsaturated/α-hetero) is 1. The van der Waals surface area contributed by atoms with Crippen LogP contribution in [-0.4, -0.2) is 24.8 Å². The maximum atomic E-state index is 14.0. The third kappa shape index (κ3) is 1.58. The molecule has 1 N–H and O–H groups in total. The number of nitrogens with one attached hydrogen (secondary N) is 1. The Bertz CT molecular complexity index is 556. The van der Waals surface area contributed by atoms with E-state index in [2.05, 4.69) is 12.2 Å². The zero-order valence-corrected chi connectivity index (χ0v) is 10.00. The Labute approximate surface area is 104 Å². The molecule has 2 aliphatic heterocycles. The number of halogens is 1. The third-order valence-corrected chi connectivity index (χ3v) is 3.55. The molecule has 2 heterocycles. The van der Waals surface area contributed by atoms with Crippen LogP contribution in [0.3, 0.4) is 0 Å². The van der Waals surface area contributed by atoms with Crippen molar-refractivity contribution >= 4 is 23.1 Å². The number of carbonyl (C=O) groups excluding carboxylic acids is 2. The monoisotopic (exact) mass is 248 g/mol. The van der Waals surface area contributed by atoms with Gasteiger partial charge in [-0.3, -0.25) is 9.59 Å². The molecule has 3 rings (SSSR count). The Hall–Kier alpha value is -1.91. The van der Waals surface area contributed by atoms with Gasteiger partial charge in [-0.05, 0) is 24.5 Å². The van der Waals surface area contributed by atoms with Gasteiger partial charge < -0.3 is 10.2 Å². The van der Waals surface area contributed by atoms with E-state index >= 15 is 0 Å². The van der Waals surface area contributed by atoms with Crippen molar-refractivity contribution in [2.45, 2.75) is 13.3 Å². The van der Waals surface area contributed by atoms with Crippen LogP contribution in [-0.2, 0) is 4.79 Å². The second kappa shape index (κ2) is 3.80. The van der Waals surface area contributed by atoms with Gasteiger partial charge in [0.05, 0.1) is 16.9 Å². The molecule has 5 heteroatoms. The van der Waals surface area contributed by atoms with E-state index in [1.807, 2.05) is 4.90 Å². The maximum absolute atomic E-state index is 14.0. The number of ketones is 1. The molecule has 0 saturated carbocycles. The van der Waals surface area contributed by atoms with Crippen LogP contribution < -0.4 is 10.2 Å². The molecular formula is C13H13FN2O2. The predicted molar refractivity (Wildman–Crippen MR) is 65.4 cm³/mol. The summed E-state index contributed by atoms with van der Waals surface area (Å²) in [5.41, 5.74) is 1.02. The second-order valence-corrected chi connectivity index (χ2v) is 4.97. The molecular weight excluding hydrogens is 235 g/mol. The van der Waals surface area contributed by atoms with Gasteiger partial charge >= 0.3 is 0 Å². The van der Waals surface area contributed by atoms with Crippen LogP contribution in [0.5, 0.6) is 0 Å². The lowest BCUT2D eigenvalue weighted by Crippen LogP contribution is -2.20. The summed E-state index contributed by atoms with van der Waals surface area (Å²) in [6.07, 6.45) is 1.03. The predicted octanol–water partition coefficient (Wildman–Crippen LogP) is 1.81. The average molecular weight is 248 g/mol. The number of hydrogen-bond donors (Lipinski definition) is 1. The summed E-state index contributed by atoms with van der Waals surface area (Å²) in [6.45, 7) is 3.73. The Morgan fingerprint density at radius 3 is 2.83 bits per heavy atom. The van der Waals surface area contributed by atoms with Gasteiger partial charge in [-0.1, -0.05) is 6.92 Å². The van der Waals surface area contributed by atoms with Gasteiger partial charge in [-0.25, -0.2) is 4.39 Å². The number of fused-ring (bicyclic) bond motifs is 1. The SMILES string of the molecule is CC1CCN(c2cc3c(cc2F)C(=O)C(=O)N3)C1. The summed E-state index contributed by atoms with van der Waals surface area (Å²) in [5, 5.41) is 2.47. The fourth-order valence-electron chi connectivity index (χ4n) is 2.55. The molecule has 2 aliphatic rings. The first-order valence-electron chi connectivity index (χ1n) is 6.00. The van der Waals surface area contributed by atoms with Crippen LogP contribution in [0.1, 0.15) is 23.7 Å². The maximum Gasteiger partial charge on any atom is 0.296 e. The number of rotatable bonds is 1. The molecule has 0 aliphatic carbocycles. The lowest BCUT2D eigenvalue weighted by atomic mass is 10.1. The van der Waals surface area contributed by atoms with Crippen molar-refractivity contribution in [1.82, 2.24) is 0 Å². The topological polar surface area (TPSA) is 49.4 Å². The normalized spacial score (nSPS) is 22.3. The molecule has 0 aromatic heterocycles.